The first kappa shape index (κ1) is 25.8. The lowest BCUT2D eigenvalue weighted by atomic mass is 10.1. The van der Waals surface area contributed by atoms with Crippen LogP contribution in [0.1, 0.15) is 25.3 Å². The van der Waals surface area contributed by atoms with E-state index in [-0.39, 0.29) is 12.5 Å². The molecular formula is C28H29N7O4. The van der Waals surface area contributed by atoms with Crippen molar-refractivity contribution in [1.82, 2.24) is 24.9 Å². The summed E-state index contributed by atoms with van der Waals surface area (Å²) in [5.74, 6) is 1.91. The minimum atomic E-state index is -0.865. The predicted molar refractivity (Wildman–Crippen MR) is 145 cm³/mol. The van der Waals surface area contributed by atoms with Crippen LogP contribution >= 0.6 is 0 Å². The Morgan fingerprint density at radius 2 is 1.97 bits per heavy atom. The summed E-state index contributed by atoms with van der Waals surface area (Å²) in [5, 5.41) is 12.1. The van der Waals surface area contributed by atoms with Crippen LogP contribution in [0.4, 0.5) is 17.6 Å². The van der Waals surface area contributed by atoms with Crippen LogP contribution in [-0.4, -0.2) is 61.8 Å². The van der Waals surface area contributed by atoms with Gasteiger partial charge in [0.1, 0.15) is 11.9 Å². The lowest BCUT2D eigenvalue weighted by Crippen LogP contribution is -2.41. The van der Waals surface area contributed by atoms with Crippen molar-refractivity contribution in [1.29, 1.82) is 0 Å². The number of nitrogens with one attached hydrogen (secondary N) is 1. The molecule has 11 nitrogen and oxygen atoms in total. The molecule has 1 aromatic carbocycles. The number of piperidine rings is 1. The van der Waals surface area contributed by atoms with Crippen molar-refractivity contribution in [3.05, 3.63) is 72.8 Å². The fourth-order valence-corrected chi connectivity index (χ4v) is 4.36. The van der Waals surface area contributed by atoms with Gasteiger partial charge < -0.3 is 24.8 Å². The number of carboxylic acids is 1. The third-order valence-electron chi connectivity index (χ3n) is 6.14. The van der Waals surface area contributed by atoms with E-state index >= 15 is 0 Å². The highest BCUT2D eigenvalue weighted by atomic mass is 16.5. The number of ether oxygens (including phenoxy) is 2. The van der Waals surface area contributed by atoms with Crippen LogP contribution in [0, 0.1) is 0 Å². The number of rotatable bonds is 10. The number of nitrogens with zero attached hydrogens (tertiary/aromatic N) is 6. The summed E-state index contributed by atoms with van der Waals surface area (Å²) in [5.41, 5.74) is 2.29. The van der Waals surface area contributed by atoms with Gasteiger partial charge in [-0.05, 0) is 43.5 Å². The van der Waals surface area contributed by atoms with Crippen LogP contribution in [0.5, 0.6) is 11.6 Å². The summed E-state index contributed by atoms with van der Waals surface area (Å²) in [6, 6.07) is 12.8. The number of aliphatic carboxylic acids is 1. The Bertz CT molecular complexity index is 1420. The van der Waals surface area contributed by atoms with Crippen LogP contribution < -0.4 is 19.7 Å². The molecular weight excluding hydrogens is 498 g/mol. The molecule has 4 heterocycles. The third-order valence-corrected chi connectivity index (χ3v) is 6.14. The molecule has 1 fully saturated rings. The van der Waals surface area contributed by atoms with Crippen LogP contribution in [0.2, 0.25) is 0 Å². The fraction of sp³-hybridized carbons (Fsp3) is 0.286. The Labute approximate surface area is 225 Å². The lowest BCUT2D eigenvalue weighted by Gasteiger charge is -2.33. The van der Waals surface area contributed by atoms with Gasteiger partial charge in [-0.25, -0.2) is 19.9 Å². The number of carboxylic acid groups (broad SMARTS) is 1. The molecule has 2 N–H and O–H groups in total. The lowest BCUT2D eigenvalue weighted by molar-refractivity contribution is -0.136. The van der Waals surface area contributed by atoms with Crippen molar-refractivity contribution in [2.45, 2.75) is 32.3 Å². The summed E-state index contributed by atoms with van der Waals surface area (Å²) >= 11 is 0. The first-order valence-corrected chi connectivity index (χ1v) is 12.8. The van der Waals surface area contributed by atoms with Crippen LogP contribution in [0.25, 0.3) is 11.3 Å². The van der Waals surface area contributed by atoms with Gasteiger partial charge in [0.25, 0.3) is 5.88 Å². The van der Waals surface area contributed by atoms with E-state index in [0.29, 0.717) is 42.2 Å². The van der Waals surface area contributed by atoms with Crippen molar-refractivity contribution in [2.24, 2.45) is 0 Å². The second-order valence-corrected chi connectivity index (χ2v) is 8.99. The van der Waals surface area contributed by atoms with Crippen molar-refractivity contribution < 1.29 is 19.4 Å². The molecule has 0 amide bonds. The molecule has 1 atom stereocenters. The number of hydrogen-bond donors (Lipinski definition) is 2. The van der Waals surface area contributed by atoms with Gasteiger partial charge in [0, 0.05) is 24.5 Å². The number of benzene rings is 1. The number of carbonyl (C=O) groups is 1. The van der Waals surface area contributed by atoms with Gasteiger partial charge in [0.15, 0.2) is 11.6 Å². The predicted octanol–water partition coefficient (Wildman–Crippen LogP) is 4.15. The zero-order valence-electron chi connectivity index (χ0n) is 21.5. The highest BCUT2D eigenvalue weighted by Gasteiger charge is 2.24. The zero-order valence-corrected chi connectivity index (χ0v) is 21.5. The summed E-state index contributed by atoms with van der Waals surface area (Å²) in [6.45, 7) is 3.95. The van der Waals surface area contributed by atoms with Crippen molar-refractivity contribution in [3.63, 3.8) is 0 Å². The van der Waals surface area contributed by atoms with Crippen molar-refractivity contribution in [2.75, 3.05) is 29.9 Å². The molecule has 0 radical (unpaired) electrons. The molecule has 3 aromatic heterocycles. The number of pyridine rings is 1. The minimum absolute atomic E-state index is 0.0206. The fourth-order valence-electron chi connectivity index (χ4n) is 4.36. The van der Waals surface area contributed by atoms with Crippen LogP contribution in [-0.2, 0) is 11.2 Å². The number of anilines is 3. The maximum absolute atomic E-state index is 10.9. The molecule has 200 valence electrons. The Morgan fingerprint density at radius 1 is 1.10 bits per heavy atom. The largest absolute Gasteiger partial charge is 0.488 e. The van der Waals surface area contributed by atoms with E-state index in [4.69, 9.17) is 19.6 Å². The molecule has 11 heteroatoms. The summed E-state index contributed by atoms with van der Waals surface area (Å²) < 4.78 is 11.9. The Balaban J connectivity index is 1.26. The smallest absolute Gasteiger partial charge is 0.307 e. The highest BCUT2D eigenvalue weighted by molar-refractivity contribution is 5.71. The quantitative estimate of drug-likeness (QED) is 0.308. The molecule has 0 aliphatic carbocycles. The average molecular weight is 528 g/mol. The first-order chi connectivity index (χ1) is 19.1. The SMILES string of the molecule is CCOc1cccnc1O[C@@H]1CCCN(c2cncc(Nc3nccc(-c4ccc(CC(=O)O)cc4)n3)n2)C1. The molecule has 0 spiro atoms. The van der Waals surface area contributed by atoms with Gasteiger partial charge >= 0.3 is 5.97 Å². The van der Waals surface area contributed by atoms with E-state index in [1.807, 2.05) is 31.2 Å². The van der Waals surface area contributed by atoms with E-state index in [0.717, 1.165) is 36.3 Å². The topological polar surface area (TPSA) is 135 Å². The molecule has 4 aromatic rings. The van der Waals surface area contributed by atoms with E-state index in [1.165, 1.54) is 0 Å². The monoisotopic (exact) mass is 527 g/mol. The Kier molecular flexibility index (Phi) is 8.06. The standard InChI is InChI=1S/C28H29N7O4/c1-2-38-23-6-3-12-30-27(23)39-21-5-4-14-35(18-21)25-17-29-16-24(33-25)34-28-31-13-11-22(32-28)20-9-7-19(8-10-20)15-26(36)37/h3,6-13,16-17,21H,2,4-5,14-15,18H2,1H3,(H,36,37)(H,31,32,33,34)/t21-/m1/s1. The number of aromatic nitrogens is 5. The van der Waals surface area contributed by atoms with E-state index in [1.54, 1.807) is 43.0 Å². The normalized spacial score (nSPS) is 15.0. The third kappa shape index (κ3) is 6.75. The van der Waals surface area contributed by atoms with Gasteiger partial charge in [-0.15, -0.1) is 0 Å². The van der Waals surface area contributed by atoms with E-state index in [2.05, 4.69) is 30.2 Å². The molecule has 5 rings (SSSR count). The Morgan fingerprint density at radius 3 is 2.79 bits per heavy atom. The summed E-state index contributed by atoms with van der Waals surface area (Å²) in [6.07, 6.45) is 8.48. The first-order valence-electron chi connectivity index (χ1n) is 12.8. The van der Waals surface area contributed by atoms with Gasteiger partial charge in [0.05, 0.1) is 37.7 Å². The molecule has 0 unspecified atom stereocenters. The van der Waals surface area contributed by atoms with Crippen LogP contribution in [0.3, 0.4) is 0 Å². The maximum atomic E-state index is 10.9. The second kappa shape index (κ2) is 12.2. The van der Waals surface area contributed by atoms with Crippen molar-refractivity contribution >= 4 is 23.6 Å². The molecule has 1 saturated heterocycles. The van der Waals surface area contributed by atoms with E-state index < -0.39 is 5.97 Å². The van der Waals surface area contributed by atoms with Gasteiger partial charge in [0.2, 0.25) is 5.95 Å². The zero-order chi connectivity index (χ0) is 27.0. The highest BCUT2D eigenvalue weighted by Crippen LogP contribution is 2.28. The second-order valence-electron chi connectivity index (χ2n) is 8.99. The maximum Gasteiger partial charge on any atom is 0.307 e. The molecule has 0 saturated carbocycles. The average Bonchev–Trinajstić information content (AvgIpc) is 2.95. The summed E-state index contributed by atoms with van der Waals surface area (Å²) in [7, 11) is 0. The van der Waals surface area contributed by atoms with Crippen LogP contribution in [0.15, 0.2) is 67.3 Å². The van der Waals surface area contributed by atoms with E-state index in [9.17, 15) is 4.79 Å². The van der Waals surface area contributed by atoms with Gasteiger partial charge in [-0.2, -0.15) is 0 Å². The van der Waals surface area contributed by atoms with Gasteiger partial charge in [-0.1, -0.05) is 24.3 Å². The molecule has 39 heavy (non-hydrogen) atoms. The minimum Gasteiger partial charge on any atom is -0.488 e. The molecule has 1 aliphatic rings. The summed E-state index contributed by atoms with van der Waals surface area (Å²) in [4.78, 5) is 35.5. The molecule has 1 aliphatic heterocycles. The van der Waals surface area contributed by atoms with Gasteiger partial charge in [-0.3, -0.25) is 9.78 Å². The number of hydrogen-bond acceptors (Lipinski definition) is 10. The Hall–Kier alpha value is -4.80. The molecule has 0 bridgehead atoms. The van der Waals surface area contributed by atoms with Crippen molar-refractivity contribution in [3.8, 4) is 22.9 Å².